The normalized spacial score (nSPS) is 23.8. The van der Waals surface area contributed by atoms with Gasteiger partial charge in [-0.25, -0.2) is 0 Å². The van der Waals surface area contributed by atoms with E-state index in [2.05, 4.69) is 12.2 Å². The van der Waals surface area contributed by atoms with E-state index in [4.69, 9.17) is 9.47 Å². The number of para-hydroxylation sites is 1. The fourth-order valence-electron chi connectivity index (χ4n) is 3.15. The third-order valence-electron chi connectivity index (χ3n) is 4.57. The van der Waals surface area contributed by atoms with Crippen LogP contribution < -0.4 is 14.8 Å². The first-order valence-corrected chi connectivity index (χ1v) is 7.98. The number of rotatable bonds is 3. The lowest BCUT2D eigenvalue weighted by atomic mass is 9.87. The van der Waals surface area contributed by atoms with Crippen LogP contribution in [0.3, 0.4) is 0 Å². The zero-order valence-electron chi connectivity index (χ0n) is 13.2. The van der Waals surface area contributed by atoms with Gasteiger partial charge >= 0.3 is 0 Å². The average Bonchev–Trinajstić information content (AvgIpc) is 2.55. The van der Waals surface area contributed by atoms with Crippen molar-refractivity contribution in [2.75, 3.05) is 13.7 Å². The lowest BCUT2D eigenvalue weighted by Gasteiger charge is -2.28. The first-order valence-electron chi connectivity index (χ1n) is 7.98. The summed E-state index contributed by atoms with van der Waals surface area (Å²) in [5, 5.41) is 3.15. The van der Waals surface area contributed by atoms with Crippen molar-refractivity contribution in [3.05, 3.63) is 29.3 Å². The minimum atomic E-state index is -0.00646. The summed E-state index contributed by atoms with van der Waals surface area (Å²) in [5.41, 5.74) is 1.58. The fraction of sp³-hybridized carbons (Fsp3) is 0.500. The second-order valence-electron chi connectivity index (χ2n) is 6.27. The summed E-state index contributed by atoms with van der Waals surface area (Å²) in [5.74, 6) is 2.19. The summed E-state index contributed by atoms with van der Waals surface area (Å²) in [7, 11) is 1.62. The molecule has 4 nitrogen and oxygen atoms in total. The molecular formula is C18H23NO3. The summed E-state index contributed by atoms with van der Waals surface area (Å²) < 4.78 is 11.0. The lowest BCUT2D eigenvalue weighted by Crippen LogP contribution is -2.39. The van der Waals surface area contributed by atoms with Gasteiger partial charge in [-0.05, 0) is 43.7 Å². The maximum absolute atomic E-state index is 12.4. The quantitative estimate of drug-likeness (QED) is 0.933. The molecule has 0 spiro atoms. The first kappa shape index (κ1) is 14.9. The first-order chi connectivity index (χ1) is 10.7. The average molecular weight is 301 g/mol. The van der Waals surface area contributed by atoms with Gasteiger partial charge in [0.05, 0.1) is 12.7 Å². The molecule has 22 heavy (non-hydrogen) atoms. The molecule has 3 rings (SSSR count). The number of hydrogen-bond acceptors (Lipinski definition) is 3. The number of nitrogens with one attached hydrogen (secondary N) is 1. The van der Waals surface area contributed by atoms with Crippen LogP contribution in [0.15, 0.2) is 23.8 Å². The molecule has 1 fully saturated rings. The van der Waals surface area contributed by atoms with Crippen LogP contribution >= 0.6 is 0 Å². The maximum atomic E-state index is 12.4. The molecule has 0 radical (unpaired) electrons. The minimum absolute atomic E-state index is 0.00646. The summed E-state index contributed by atoms with van der Waals surface area (Å²) in [6.07, 6.45) is 6.44. The Hall–Kier alpha value is -1.97. The van der Waals surface area contributed by atoms with Crippen molar-refractivity contribution in [3.63, 3.8) is 0 Å². The number of ether oxygens (including phenoxy) is 2. The van der Waals surface area contributed by atoms with Gasteiger partial charge in [0.1, 0.15) is 6.61 Å². The summed E-state index contributed by atoms with van der Waals surface area (Å²) in [6, 6.07) is 6.00. The molecule has 0 bridgehead atoms. The predicted octanol–water partition coefficient (Wildman–Crippen LogP) is 3.17. The van der Waals surface area contributed by atoms with Crippen LogP contribution in [-0.2, 0) is 4.79 Å². The minimum Gasteiger partial charge on any atom is -0.493 e. The van der Waals surface area contributed by atoms with Gasteiger partial charge in [-0.15, -0.1) is 0 Å². The Morgan fingerprint density at radius 1 is 1.27 bits per heavy atom. The van der Waals surface area contributed by atoms with Crippen molar-refractivity contribution in [1.29, 1.82) is 0 Å². The molecule has 2 aliphatic rings. The molecule has 0 aromatic heterocycles. The molecule has 0 atom stereocenters. The fourth-order valence-corrected chi connectivity index (χ4v) is 3.15. The highest BCUT2D eigenvalue weighted by atomic mass is 16.5. The number of fused-ring (bicyclic) bond motifs is 1. The maximum Gasteiger partial charge on any atom is 0.250 e. The van der Waals surface area contributed by atoms with E-state index in [1.165, 1.54) is 12.8 Å². The summed E-state index contributed by atoms with van der Waals surface area (Å²) in [6.45, 7) is 2.57. The van der Waals surface area contributed by atoms with Gasteiger partial charge in [-0.3, -0.25) is 4.79 Å². The molecule has 118 valence electrons. The van der Waals surface area contributed by atoms with Crippen molar-refractivity contribution in [1.82, 2.24) is 5.32 Å². The molecule has 1 saturated carbocycles. The van der Waals surface area contributed by atoms with E-state index >= 15 is 0 Å². The molecule has 1 N–H and O–H groups in total. The second kappa shape index (κ2) is 6.42. The van der Waals surface area contributed by atoms with Crippen molar-refractivity contribution in [2.45, 2.75) is 38.6 Å². The van der Waals surface area contributed by atoms with Crippen molar-refractivity contribution in [2.24, 2.45) is 5.92 Å². The van der Waals surface area contributed by atoms with Crippen LogP contribution in [0.1, 0.15) is 38.2 Å². The highest BCUT2D eigenvalue weighted by Crippen LogP contribution is 2.35. The zero-order valence-corrected chi connectivity index (χ0v) is 13.2. The third-order valence-corrected chi connectivity index (χ3v) is 4.57. The molecule has 1 amide bonds. The molecule has 1 aliphatic heterocycles. The van der Waals surface area contributed by atoms with Gasteiger partial charge in [0.2, 0.25) is 0 Å². The number of hydrogen-bond donors (Lipinski definition) is 1. The molecule has 0 saturated heterocycles. The van der Waals surface area contributed by atoms with Gasteiger partial charge < -0.3 is 14.8 Å². The van der Waals surface area contributed by atoms with Crippen molar-refractivity contribution < 1.29 is 14.3 Å². The van der Waals surface area contributed by atoms with Crippen LogP contribution in [-0.4, -0.2) is 25.7 Å². The van der Waals surface area contributed by atoms with E-state index in [0.29, 0.717) is 29.7 Å². The predicted molar refractivity (Wildman–Crippen MR) is 86.0 cm³/mol. The van der Waals surface area contributed by atoms with E-state index in [9.17, 15) is 4.79 Å². The third kappa shape index (κ3) is 3.11. The Balaban J connectivity index is 1.70. The monoisotopic (exact) mass is 301 g/mol. The molecule has 1 aliphatic carbocycles. The van der Waals surface area contributed by atoms with Gasteiger partial charge in [0.25, 0.3) is 5.91 Å². The number of methoxy groups -OCH3 is 1. The van der Waals surface area contributed by atoms with Crippen LogP contribution in [0.25, 0.3) is 6.08 Å². The number of carbonyl (C=O) groups is 1. The Morgan fingerprint density at radius 2 is 2.05 bits per heavy atom. The smallest absolute Gasteiger partial charge is 0.250 e. The molecule has 0 unspecified atom stereocenters. The molecule has 4 heteroatoms. The SMILES string of the molecule is COc1cccc2c1OCC(C(=O)NC1CCC(C)CC1)=C2. The van der Waals surface area contributed by atoms with Gasteiger partial charge in [0.15, 0.2) is 11.5 Å². The molecule has 1 heterocycles. The van der Waals surface area contributed by atoms with Crippen LogP contribution in [0.2, 0.25) is 0 Å². The van der Waals surface area contributed by atoms with Crippen LogP contribution in [0, 0.1) is 5.92 Å². The van der Waals surface area contributed by atoms with E-state index in [1.54, 1.807) is 7.11 Å². The topological polar surface area (TPSA) is 47.6 Å². The van der Waals surface area contributed by atoms with E-state index < -0.39 is 0 Å². The van der Waals surface area contributed by atoms with E-state index in [1.807, 2.05) is 24.3 Å². The standard InChI is InChI=1S/C18H23NO3/c1-12-6-8-15(9-7-12)19-18(20)14-10-13-4-3-5-16(21-2)17(13)22-11-14/h3-5,10,12,15H,6-9,11H2,1-2H3,(H,19,20). The summed E-state index contributed by atoms with van der Waals surface area (Å²) in [4.78, 5) is 12.4. The van der Waals surface area contributed by atoms with E-state index in [-0.39, 0.29) is 5.91 Å². The Morgan fingerprint density at radius 3 is 2.77 bits per heavy atom. The van der Waals surface area contributed by atoms with E-state index in [0.717, 1.165) is 24.3 Å². The van der Waals surface area contributed by atoms with Crippen LogP contribution in [0.5, 0.6) is 11.5 Å². The summed E-state index contributed by atoms with van der Waals surface area (Å²) >= 11 is 0. The van der Waals surface area contributed by atoms with Gasteiger partial charge in [-0.1, -0.05) is 19.1 Å². The Labute approximate surface area is 131 Å². The lowest BCUT2D eigenvalue weighted by molar-refractivity contribution is -0.118. The number of benzene rings is 1. The second-order valence-corrected chi connectivity index (χ2v) is 6.27. The number of amides is 1. The van der Waals surface area contributed by atoms with Crippen molar-refractivity contribution in [3.8, 4) is 11.5 Å². The highest BCUT2D eigenvalue weighted by molar-refractivity contribution is 5.99. The Bertz CT molecular complexity index is 586. The van der Waals surface area contributed by atoms with Gasteiger partial charge in [-0.2, -0.15) is 0 Å². The van der Waals surface area contributed by atoms with Crippen molar-refractivity contribution >= 4 is 12.0 Å². The largest absolute Gasteiger partial charge is 0.493 e. The molecule has 1 aromatic carbocycles. The molecular weight excluding hydrogens is 278 g/mol. The highest BCUT2D eigenvalue weighted by Gasteiger charge is 2.24. The zero-order chi connectivity index (χ0) is 15.5. The number of carbonyl (C=O) groups excluding carboxylic acids is 1. The Kier molecular flexibility index (Phi) is 4.36. The molecule has 1 aromatic rings. The van der Waals surface area contributed by atoms with Gasteiger partial charge in [0, 0.05) is 11.6 Å². The van der Waals surface area contributed by atoms with Crippen LogP contribution in [0.4, 0.5) is 0 Å².